The van der Waals surface area contributed by atoms with Crippen molar-refractivity contribution in [3.05, 3.63) is 63.6 Å². The summed E-state index contributed by atoms with van der Waals surface area (Å²) in [5, 5.41) is 3.58. The maximum Gasteiger partial charge on any atom is 0.119 e. The molecule has 0 fully saturated rings. The Kier molecular flexibility index (Phi) is 5.83. The highest BCUT2D eigenvalue weighted by molar-refractivity contribution is 9.10. The standard InChI is InChI=1S/C18H22BrNO/c1-4-20-17(16-10-5-7-13(2)18(16)19)12-14-8-6-9-15(11-14)21-3/h5-11,17,20H,4,12H2,1-3H3. The number of hydrogen-bond acceptors (Lipinski definition) is 2. The summed E-state index contributed by atoms with van der Waals surface area (Å²) in [6.45, 7) is 5.21. The first-order valence-corrected chi connectivity index (χ1v) is 8.06. The van der Waals surface area contributed by atoms with Crippen LogP contribution in [0.4, 0.5) is 0 Å². The van der Waals surface area contributed by atoms with Crippen molar-refractivity contribution in [1.82, 2.24) is 5.32 Å². The zero-order chi connectivity index (χ0) is 15.2. The van der Waals surface area contributed by atoms with Gasteiger partial charge in [0.1, 0.15) is 5.75 Å². The summed E-state index contributed by atoms with van der Waals surface area (Å²) in [4.78, 5) is 0. The van der Waals surface area contributed by atoms with Crippen LogP contribution in [0.25, 0.3) is 0 Å². The van der Waals surface area contributed by atoms with Crippen LogP contribution in [0.5, 0.6) is 5.75 Å². The highest BCUT2D eigenvalue weighted by Gasteiger charge is 2.15. The highest BCUT2D eigenvalue weighted by Crippen LogP contribution is 2.29. The summed E-state index contributed by atoms with van der Waals surface area (Å²) in [5.74, 6) is 0.908. The lowest BCUT2D eigenvalue weighted by atomic mass is 9.97. The smallest absolute Gasteiger partial charge is 0.119 e. The van der Waals surface area contributed by atoms with E-state index in [0.717, 1.165) is 18.7 Å². The van der Waals surface area contributed by atoms with Gasteiger partial charge in [0.2, 0.25) is 0 Å². The van der Waals surface area contributed by atoms with Gasteiger partial charge in [0.25, 0.3) is 0 Å². The molecule has 2 aromatic rings. The Balaban J connectivity index is 2.28. The molecular weight excluding hydrogens is 326 g/mol. The maximum absolute atomic E-state index is 5.32. The molecule has 0 aliphatic carbocycles. The molecule has 0 spiro atoms. The van der Waals surface area contributed by atoms with Crippen LogP contribution >= 0.6 is 15.9 Å². The Bertz CT molecular complexity index is 598. The minimum absolute atomic E-state index is 0.288. The predicted octanol–water partition coefficient (Wildman–Crippen LogP) is 4.66. The molecule has 21 heavy (non-hydrogen) atoms. The molecule has 0 bridgehead atoms. The fourth-order valence-electron chi connectivity index (χ4n) is 2.51. The number of rotatable bonds is 6. The summed E-state index contributed by atoms with van der Waals surface area (Å²) >= 11 is 3.73. The molecular formula is C18H22BrNO. The molecule has 2 nitrogen and oxygen atoms in total. The zero-order valence-electron chi connectivity index (χ0n) is 12.8. The summed E-state index contributed by atoms with van der Waals surface area (Å²) in [7, 11) is 1.71. The van der Waals surface area contributed by atoms with Crippen LogP contribution in [0.2, 0.25) is 0 Å². The molecule has 0 saturated heterocycles. The van der Waals surface area contributed by atoms with Gasteiger partial charge in [-0.05, 0) is 48.7 Å². The molecule has 0 aliphatic heterocycles. The van der Waals surface area contributed by atoms with Gasteiger partial charge in [0, 0.05) is 10.5 Å². The molecule has 112 valence electrons. The van der Waals surface area contributed by atoms with E-state index in [9.17, 15) is 0 Å². The second-order valence-electron chi connectivity index (χ2n) is 5.14. The van der Waals surface area contributed by atoms with Crippen molar-refractivity contribution in [3.8, 4) is 5.75 Å². The molecule has 1 N–H and O–H groups in total. The molecule has 0 aromatic heterocycles. The predicted molar refractivity (Wildman–Crippen MR) is 92.0 cm³/mol. The lowest BCUT2D eigenvalue weighted by Gasteiger charge is -2.21. The lowest BCUT2D eigenvalue weighted by Crippen LogP contribution is -2.23. The van der Waals surface area contributed by atoms with Crippen molar-refractivity contribution in [2.45, 2.75) is 26.3 Å². The van der Waals surface area contributed by atoms with E-state index >= 15 is 0 Å². The van der Waals surface area contributed by atoms with Gasteiger partial charge in [0.05, 0.1) is 7.11 Å². The zero-order valence-corrected chi connectivity index (χ0v) is 14.4. The molecule has 1 atom stereocenters. The number of aryl methyl sites for hydroxylation is 1. The lowest BCUT2D eigenvalue weighted by molar-refractivity contribution is 0.414. The molecule has 3 heteroatoms. The van der Waals surface area contributed by atoms with E-state index in [2.05, 4.69) is 65.4 Å². The van der Waals surface area contributed by atoms with Crippen molar-refractivity contribution in [2.24, 2.45) is 0 Å². The SMILES string of the molecule is CCNC(Cc1cccc(OC)c1)c1cccc(C)c1Br. The highest BCUT2D eigenvalue weighted by atomic mass is 79.9. The molecule has 2 aromatic carbocycles. The van der Waals surface area contributed by atoms with E-state index in [0.29, 0.717) is 0 Å². The quantitative estimate of drug-likeness (QED) is 0.820. The molecule has 0 heterocycles. The van der Waals surface area contributed by atoms with E-state index in [-0.39, 0.29) is 6.04 Å². The minimum atomic E-state index is 0.288. The van der Waals surface area contributed by atoms with Gasteiger partial charge in [0.15, 0.2) is 0 Å². The van der Waals surface area contributed by atoms with Crippen molar-refractivity contribution in [3.63, 3.8) is 0 Å². The van der Waals surface area contributed by atoms with Crippen LogP contribution in [0.1, 0.15) is 29.7 Å². The topological polar surface area (TPSA) is 21.3 Å². The van der Waals surface area contributed by atoms with Crippen molar-refractivity contribution in [1.29, 1.82) is 0 Å². The van der Waals surface area contributed by atoms with E-state index < -0.39 is 0 Å². The van der Waals surface area contributed by atoms with Crippen molar-refractivity contribution < 1.29 is 4.74 Å². The van der Waals surface area contributed by atoms with Crippen LogP contribution in [0.3, 0.4) is 0 Å². The first-order valence-electron chi connectivity index (χ1n) is 7.27. The van der Waals surface area contributed by atoms with Crippen LogP contribution in [-0.2, 0) is 6.42 Å². The Labute approximate surface area is 135 Å². The van der Waals surface area contributed by atoms with Gasteiger partial charge in [-0.3, -0.25) is 0 Å². The number of hydrogen-bond donors (Lipinski definition) is 1. The average molecular weight is 348 g/mol. The fourth-order valence-corrected chi connectivity index (χ4v) is 3.05. The number of halogens is 1. The molecule has 0 amide bonds. The van der Waals surface area contributed by atoms with Crippen molar-refractivity contribution >= 4 is 15.9 Å². The summed E-state index contributed by atoms with van der Waals surface area (Å²) in [6.07, 6.45) is 0.938. The molecule has 0 aliphatic rings. The second kappa shape index (κ2) is 7.62. The fraction of sp³-hybridized carbons (Fsp3) is 0.333. The van der Waals surface area contributed by atoms with E-state index in [1.165, 1.54) is 21.2 Å². The molecule has 0 radical (unpaired) electrons. The number of nitrogens with one attached hydrogen (secondary N) is 1. The number of ether oxygens (including phenoxy) is 1. The largest absolute Gasteiger partial charge is 0.497 e. The molecule has 0 saturated carbocycles. The maximum atomic E-state index is 5.32. The first kappa shape index (κ1) is 16.1. The Morgan fingerprint density at radius 3 is 2.67 bits per heavy atom. The first-order chi connectivity index (χ1) is 10.2. The van der Waals surface area contributed by atoms with Gasteiger partial charge < -0.3 is 10.1 Å². The van der Waals surface area contributed by atoms with E-state index in [1.54, 1.807) is 7.11 Å². The van der Waals surface area contributed by atoms with Crippen LogP contribution in [0.15, 0.2) is 46.9 Å². The van der Waals surface area contributed by atoms with Gasteiger partial charge >= 0.3 is 0 Å². The second-order valence-corrected chi connectivity index (χ2v) is 5.94. The van der Waals surface area contributed by atoms with Crippen LogP contribution in [0, 0.1) is 6.92 Å². The molecule has 1 unspecified atom stereocenters. The van der Waals surface area contributed by atoms with E-state index in [1.807, 2.05) is 12.1 Å². The van der Waals surface area contributed by atoms with Crippen LogP contribution < -0.4 is 10.1 Å². The molecule has 2 rings (SSSR count). The number of methoxy groups -OCH3 is 1. The number of likely N-dealkylation sites (N-methyl/N-ethyl adjacent to an activating group) is 1. The third-order valence-electron chi connectivity index (χ3n) is 3.62. The Morgan fingerprint density at radius 1 is 1.19 bits per heavy atom. The Morgan fingerprint density at radius 2 is 1.95 bits per heavy atom. The number of benzene rings is 2. The summed E-state index contributed by atoms with van der Waals surface area (Å²) < 4.78 is 6.51. The minimum Gasteiger partial charge on any atom is -0.497 e. The van der Waals surface area contributed by atoms with Crippen LogP contribution in [-0.4, -0.2) is 13.7 Å². The van der Waals surface area contributed by atoms with Gasteiger partial charge in [-0.2, -0.15) is 0 Å². The van der Waals surface area contributed by atoms with Gasteiger partial charge in [-0.15, -0.1) is 0 Å². The third-order valence-corrected chi connectivity index (χ3v) is 4.70. The Hall–Kier alpha value is -1.32. The average Bonchev–Trinajstić information content (AvgIpc) is 2.50. The van der Waals surface area contributed by atoms with Gasteiger partial charge in [-0.1, -0.05) is 53.2 Å². The summed E-state index contributed by atoms with van der Waals surface area (Å²) in [6, 6.07) is 15.0. The normalized spacial score (nSPS) is 12.2. The van der Waals surface area contributed by atoms with E-state index in [4.69, 9.17) is 4.74 Å². The third kappa shape index (κ3) is 4.08. The van der Waals surface area contributed by atoms with Gasteiger partial charge in [-0.25, -0.2) is 0 Å². The van der Waals surface area contributed by atoms with Crippen molar-refractivity contribution in [2.75, 3.05) is 13.7 Å². The monoisotopic (exact) mass is 347 g/mol. The summed E-state index contributed by atoms with van der Waals surface area (Å²) in [5.41, 5.74) is 3.84.